The molecule has 3 aromatic carbocycles. The number of phenols is 1. The van der Waals surface area contributed by atoms with Gasteiger partial charge in [-0.05, 0) is 37.3 Å². The second kappa shape index (κ2) is 8.99. The van der Waals surface area contributed by atoms with Gasteiger partial charge in [-0.3, -0.25) is 4.79 Å². The number of aryl methyl sites for hydroxylation is 1. The first-order valence-electron chi connectivity index (χ1n) is 10.7. The predicted octanol–water partition coefficient (Wildman–Crippen LogP) is 4.87. The van der Waals surface area contributed by atoms with Crippen LogP contribution in [0.1, 0.15) is 21.6 Å². The van der Waals surface area contributed by atoms with Gasteiger partial charge in [-0.2, -0.15) is 10.2 Å². The molecule has 0 spiro atoms. The fourth-order valence-electron chi connectivity index (χ4n) is 3.79. The number of hydrogen-bond acceptors (Lipinski definition) is 5. The van der Waals surface area contributed by atoms with Crippen LogP contribution < -0.4 is 5.43 Å². The third-order valence-corrected chi connectivity index (χ3v) is 5.43. The summed E-state index contributed by atoms with van der Waals surface area (Å²) in [6.07, 6.45) is 1.41. The average Bonchev–Trinajstić information content (AvgIpc) is 3.22. The zero-order chi connectivity index (χ0) is 23.5. The molecular formula is C27H21N5O2. The van der Waals surface area contributed by atoms with Crippen LogP contribution >= 0.6 is 0 Å². The van der Waals surface area contributed by atoms with E-state index in [-0.39, 0.29) is 5.75 Å². The predicted molar refractivity (Wildman–Crippen MR) is 132 cm³/mol. The number of carbonyl (C=O) groups is 1. The summed E-state index contributed by atoms with van der Waals surface area (Å²) in [6.45, 7) is 1.85. The summed E-state index contributed by atoms with van der Waals surface area (Å²) in [5.41, 5.74) is 7.14. The van der Waals surface area contributed by atoms with Crippen molar-refractivity contribution in [3.8, 4) is 22.7 Å². The highest BCUT2D eigenvalue weighted by Crippen LogP contribution is 2.28. The summed E-state index contributed by atoms with van der Waals surface area (Å²) in [5.74, 6) is -0.315. The topological polar surface area (TPSA) is 92.4 Å². The van der Waals surface area contributed by atoms with Crippen LogP contribution in [0.2, 0.25) is 0 Å². The third-order valence-electron chi connectivity index (χ3n) is 5.43. The number of pyridine rings is 1. The third kappa shape index (κ3) is 4.02. The molecule has 0 aliphatic carbocycles. The van der Waals surface area contributed by atoms with Crippen molar-refractivity contribution in [1.29, 1.82) is 0 Å². The lowest BCUT2D eigenvalue weighted by Gasteiger charge is -2.09. The summed E-state index contributed by atoms with van der Waals surface area (Å²) >= 11 is 0. The van der Waals surface area contributed by atoms with Crippen molar-refractivity contribution in [2.75, 3.05) is 0 Å². The molecule has 7 heteroatoms. The number of nitrogens with zero attached hydrogens (tertiary/aromatic N) is 4. The van der Waals surface area contributed by atoms with Gasteiger partial charge in [-0.25, -0.2) is 15.1 Å². The first-order valence-corrected chi connectivity index (χ1v) is 10.7. The standard InChI is InChI=1S/C27H21N5O2/c1-18-25-22(27(34)30-28-17-20-12-8-9-15-24(20)33)16-23(19-10-4-2-5-11-19)29-26(25)32(31-18)21-13-6-3-7-14-21/h2-17,33H,1H3,(H,30,34)/b28-17+. The quantitative estimate of drug-likeness (QED) is 0.297. The maximum Gasteiger partial charge on any atom is 0.272 e. The van der Waals surface area contributed by atoms with Crippen molar-refractivity contribution in [2.24, 2.45) is 5.10 Å². The van der Waals surface area contributed by atoms with Crippen LogP contribution in [0.5, 0.6) is 5.75 Å². The Hall–Kier alpha value is -4.78. The van der Waals surface area contributed by atoms with Gasteiger partial charge in [0.2, 0.25) is 0 Å². The number of phenolic OH excluding ortho intramolecular Hbond substituents is 1. The van der Waals surface area contributed by atoms with Gasteiger partial charge in [-0.1, -0.05) is 60.7 Å². The molecule has 0 radical (unpaired) electrons. The molecule has 0 saturated carbocycles. The summed E-state index contributed by atoms with van der Waals surface area (Å²) in [5, 5.41) is 19.3. The van der Waals surface area contributed by atoms with E-state index in [1.54, 1.807) is 35.0 Å². The molecule has 166 valence electrons. The highest BCUT2D eigenvalue weighted by atomic mass is 16.3. The minimum atomic E-state index is -0.396. The molecule has 2 N–H and O–H groups in total. The maximum atomic E-state index is 13.3. The summed E-state index contributed by atoms with van der Waals surface area (Å²) in [4.78, 5) is 18.1. The van der Waals surface area contributed by atoms with Crippen molar-refractivity contribution in [3.63, 3.8) is 0 Å². The fraction of sp³-hybridized carbons (Fsp3) is 0.0370. The van der Waals surface area contributed by atoms with Gasteiger partial charge in [0.25, 0.3) is 5.91 Å². The number of carbonyl (C=O) groups excluding carboxylic acids is 1. The van der Waals surface area contributed by atoms with E-state index >= 15 is 0 Å². The maximum absolute atomic E-state index is 13.3. The Morgan fingerprint density at radius 2 is 1.65 bits per heavy atom. The van der Waals surface area contributed by atoms with Gasteiger partial charge >= 0.3 is 0 Å². The van der Waals surface area contributed by atoms with E-state index in [2.05, 4.69) is 15.6 Å². The first-order chi connectivity index (χ1) is 16.6. The monoisotopic (exact) mass is 447 g/mol. The highest BCUT2D eigenvalue weighted by molar-refractivity contribution is 6.08. The Labute approximate surface area is 196 Å². The van der Waals surface area contributed by atoms with Crippen LogP contribution in [-0.4, -0.2) is 32.0 Å². The number of para-hydroxylation sites is 2. The Morgan fingerprint density at radius 1 is 0.971 bits per heavy atom. The Kier molecular flexibility index (Phi) is 5.58. The van der Waals surface area contributed by atoms with Crippen molar-refractivity contribution < 1.29 is 9.90 Å². The number of hydrazone groups is 1. The number of benzene rings is 3. The van der Waals surface area contributed by atoms with E-state index in [9.17, 15) is 9.90 Å². The van der Waals surface area contributed by atoms with Crippen LogP contribution in [0.4, 0.5) is 0 Å². The fourth-order valence-corrected chi connectivity index (χ4v) is 3.79. The van der Waals surface area contributed by atoms with E-state index in [1.807, 2.05) is 67.6 Å². The van der Waals surface area contributed by atoms with E-state index in [0.717, 1.165) is 11.3 Å². The molecule has 2 aromatic heterocycles. The van der Waals surface area contributed by atoms with Gasteiger partial charge in [0.1, 0.15) is 5.75 Å². The van der Waals surface area contributed by atoms with E-state index in [1.165, 1.54) is 6.21 Å². The van der Waals surface area contributed by atoms with Crippen LogP contribution in [0.15, 0.2) is 96.1 Å². The number of hydrogen-bond donors (Lipinski definition) is 2. The minimum absolute atomic E-state index is 0.0816. The first kappa shape index (κ1) is 21.1. The molecule has 1 amide bonds. The Bertz CT molecular complexity index is 1510. The van der Waals surface area contributed by atoms with Crippen LogP contribution in [0.25, 0.3) is 28.0 Å². The molecule has 7 nitrogen and oxygen atoms in total. The molecule has 0 saturated heterocycles. The van der Waals surface area contributed by atoms with E-state index in [0.29, 0.717) is 33.5 Å². The molecule has 0 aliphatic rings. The largest absolute Gasteiger partial charge is 0.507 e. The lowest BCUT2D eigenvalue weighted by molar-refractivity contribution is 0.0956. The Balaban J connectivity index is 1.62. The normalized spacial score (nSPS) is 11.2. The van der Waals surface area contributed by atoms with Gasteiger partial charge in [-0.15, -0.1) is 0 Å². The zero-order valence-electron chi connectivity index (χ0n) is 18.4. The van der Waals surface area contributed by atoms with Crippen LogP contribution in [0, 0.1) is 6.92 Å². The Morgan fingerprint density at radius 3 is 2.38 bits per heavy atom. The van der Waals surface area contributed by atoms with Crippen molar-refractivity contribution in [3.05, 3.63) is 108 Å². The molecule has 0 unspecified atom stereocenters. The molecule has 2 heterocycles. The van der Waals surface area contributed by atoms with Crippen molar-refractivity contribution in [2.45, 2.75) is 6.92 Å². The second-order valence-corrected chi connectivity index (χ2v) is 7.71. The summed E-state index contributed by atoms with van der Waals surface area (Å²) in [7, 11) is 0. The average molecular weight is 447 g/mol. The molecule has 34 heavy (non-hydrogen) atoms. The smallest absolute Gasteiger partial charge is 0.272 e. The second-order valence-electron chi connectivity index (χ2n) is 7.71. The molecule has 5 aromatic rings. The lowest BCUT2D eigenvalue weighted by Crippen LogP contribution is -2.18. The number of aromatic hydroxyl groups is 1. The van der Waals surface area contributed by atoms with E-state index in [4.69, 9.17) is 4.98 Å². The highest BCUT2D eigenvalue weighted by Gasteiger charge is 2.20. The van der Waals surface area contributed by atoms with Crippen molar-refractivity contribution >= 4 is 23.2 Å². The lowest BCUT2D eigenvalue weighted by atomic mass is 10.1. The SMILES string of the molecule is Cc1nn(-c2ccccc2)c2nc(-c3ccccc3)cc(C(=O)N/N=C/c3ccccc3O)c12. The molecule has 0 atom stereocenters. The number of aromatic nitrogens is 3. The molecule has 0 aliphatic heterocycles. The van der Waals surface area contributed by atoms with Gasteiger partial charge in [0.15, 0.2) is 5.65 Å². The summed E-state index contributed by atoms with van der Waals surface area (Å²) in [6, 6.07) is 27.9. The van der Waals surface area contributed by atoms with E-state index < -0.39 is 5.91 Å². The minimum Gasteiger partial charge on any atom is -0.507 e. The van der Waals surface area contributed by atoms with Gasteiger partial charge < -0.3 is 5.11 Å². The van der Waals surface area contributed by atoms with Gasteiger partial charge in [0.05, 0.1) is 34.2 Å². The number of amides is 1. The zero-order valence-corrected chi connectivity index (χ0v) is 18.4. The van der Waals surface area contributed by atoms with Crippen LogP contribution in [-0.2, 0) is 0 Å². The summed E-state index contributed by atoms with van der Waals surface area (Å²) < 4.78 is 1.75. The van der Waals surface area contributed by atoms with Crippen LogP contribution in [0.3, 0.4) is 0 Å². The van der Waals surface area contributed by atoms with Gasteiger partial charge in [0, 0.05) is 11.1 Å². The van der Waals surface area contributed by atoms with Crippen molar-refractivity contribution in [1.82, 2.24) is 20.2 Å². The molecule has 0 bridgehead atoms. The number of fused-ring (bicyclic) bond motifs is 1. The number of nitrogens with one attached hydrogen (secondary N) is 1. The number of rotatable bonds is 5. The molecular weight excluding hydrogens is 426 g/mol. The molecule has 0 fully saturated rings. The molecule has 5 rings (SSSR count).